The minimum atomic E-state index is 0.0426. The monoisotopic (exact) mass is 509 g/mol. The van der Waals surface area contributed by atoms with Crippen LogP contribution >= 0.6 is 15.9 Å². The summed E-state index contributed by atoms with van der Waals surface area (Å²) >= 11 is 3.54. The third kappa shape index (κ3) is 4.31. The molecule has 1 aromatic carbocycles. The predicted octanol–water partition coefficient (Wildman–Crippen LogP) is 5.43. The van der Waals surface area contributed by atoms with Crippen LogP contribution in [-0.4, -0.2) is 52.8 Å². The maximum absolute atomic E-state index is 13.7. The molecule has 0 aliphatic carbocycles. The van der Waals surface area contributed by atoms with E-state index in [0.29, 0.717) is 17.0 Å². The van der Waals surface area contributed by atoms with Crippen LogP contribution < -0.4 is 0 Å². The van der Waals surface area contributed by atoms with Gasteiger partial charge in [0.1, 0.15) is 11.5 Å². The van der Waals surface area contributed by atoms with Crippen LogP contribution in [0, 0.1) is 12.3 Å². The van der Waals surface area contributed by atoms with E-state index in [4.69, 9.17) is 9.40 Å². The highest BCUT2D eigenvalue weighted by Crippen LogP contribution is 2.42. The maximum atomic E-state index is 13.7. The normalized spacial score (nSPS) is 18.2. The number of piperidine rings is 2. The van der Waals surface area contributed by atoms with Crippen LogP contribution in [0.1, 0.15) is 48.7 Å². The lowest BCUT2D eigenvalue weighted by Gasteiger charge is -2.46. The first-order chi connectivity index (χ1) is 15.8. The van der Waals surface area contributed by atoms with Crippen LogP contribution in [0.4, 0.5) is 0 Å². The smallest absolute Gasteiger partial charge is 0.254 e. The highest BCUT2D eigenvalue weighted by atomic mass is 79.9. The molecule has 5 rings (SSSR count). The molecule has 0 unspecified atom stereocenters. The highest BCUT2D eigenvalue weighted by molar-refractivity contribution is 9.10. The van der Waals surface area contributed by atoms with E-state index in [1.807, 2.05) is 53.1 Å². The quantitative estimate of drug-likeness (QED) is 0.461. The topological polar surface area (TPSA) is 66.7 Å². The zero-order valence-electron chi connectivity index (χ0n) is 19.1. The number of benzene rings is 1. The molecule has 2 aliphatic heterocycles. The van der Waals surface area contributed by atoms with E-state index in [1.54, 1.807) is 6.92 Å². The molecule has 1 spiro atoms. The molecule has 2 aromatic heterocycles. The average Bonchev–Trinajstić information content (AvgIpc) is 3.25. The average molecular weight is 510 g/mol. The van der Waals surface area contributed by atoms with E-state index in [9.17, 15) is 9.59 Å². The molecule has 4 heterocycles. The highest BCUT2D eigenvalue weighted by Gasteiger charge is 2.39. The molecule has 0 saturated carbocycles. The summed E-state index contributed by atoms with van der Waals surface area (Å²) in [7, 11) is 0. The molecule has 0 radical (unpaired) electrons. The Morgan fingerprint density at radius 1 is 0.970 bits per heavy atom. The molecular weight excluding hydrogens is 482 g/mol. The molecule has 3 aromatic rings. The van der Waals surface area contributed by atoms with Crippen molar-refractivity contribution in [3.05, 3.63) is 52.2 Å². The Morgan fingerprint density at radius 2 is 1.64 bits per heavy atom. The number of pyridine rings is 1. The second-order valence-corrected chi connectivity index (χ2v) is 10.3. The molecule has 2 aliphatic rings. The predicted molar refractivity (Wildman–Crippen MR) is 131 cm³/mol. The molecule has 2 amide bonds. The number of hydrogen-bond donors (Lipinski definition) is 0. The zero-order chi connectivity index (χ0) is 23.2. The van der Waals surface area contributed by atoms with Crippen molar-refractivity contribution in [2.75, 3.05) is 26.2 Å². The number of aryl methyl sites for hydroxylation is 1. The second kappa shape index (κ2) is 8.60. The van der Waals surface area contributed by atoms with E-state index in [0.717, 1.165) is 73.0 Å². The number of likely N-dealkylation sites (tertiary alicyclic amines) is 2. The minimum Gasteiger partial charge on any atom is -0.460 e. The molecule has 2 saturated heterocycles. The van der Waals surface area contributed by atoms with Crippen molar-refractivity contribution in [3.63, 3.8) is 0 Å². The van der Waals surface area contributed by atoms with Gasteiger partial charge in [0, 0.05) is 43.0 Å². The fourth-order valence-corrected chi connectivity index (χ4v) is 5.58. The van der Waals surface area contributed by atoms with Gasteiger partial charge in [0.2, 0.25) is 5.91 Å². The number of furan rings is 1. The van der Waals surface area contributed by atoms with E-state index in [-0.39, 0.29) is 17.2 Å². The Hall–Kier alpha value is -2.67. The molecule has 33 heavy (non-hydrogen) atoms. The Bertz CT molecular complexity index is 1220. The van der Waals surface area contributed by atoms with Gasteiger partial charge in [-0.3, -0.25) is 9.59 Å². The molecule has 172 valence electrons. The number of halogens is 1. The largest absolute Gasteiger partial charge is 0.460 e. The SMILES string of the molecule is CC(=O)N1CCC2(CC1)CCN(C(=O)c1cc(-c3ccc(C)o3)nc3ccc(Br)cc13)CC2. The van der Waals surface area contributed by atoms with Gasteiger partial charge < -0.3 is 14.2 Å². The van der Waals surface area contributed by atoms with Crippen LogP contribution in [0.3, 0.4) is 0 Å². The summed E-state index contributed by atoms with van der Waals surface area (Å²) in [5.74, 6) is 1.69. The van der Waals surface area contributed by atoms with Crippen molar-refractivity contribution >= 4 is 38.6 Å². The third-order valence-electron chi connectivity index (χ3n) is 7.37. The summed E-state index contributed by atoms with van der Waals surface area (Å²) in [6, 6.07) is 11.5. The minimum absolute atomic E-state index is 0.0426. The number of fused-ring (bicyclic) bond motifs is 1. The van der Waals surface area contributed by atoms with Crippen LogP contribution in [-0.2, 0) is 4.79 Å². The number of hydrogen-bond acceptors (Lipinski definition) is 4. The first-order valence-electron chi connectivity index (χ1n) is 11.6. The Kier molecular flexibility index (Phi) is 5.77. The van der Waals surface area contributed by atoms with Crippen molar-refractivity contribution in [3.8, 4) is 11.5 Å². The van der Waals surface area contributed by atoms with Crippen LogP contribution in [0.15, 0.2) is 45.3 Å². The van der Waals surface area contributed by atoms with Crippen LogP contribution in [0.25, 0.3) is 22.4 Å². The number of aromatic nitrogens is 1. The number of nitrogens with zero attached hydrogens (tertiary/aromatic N) is 3. The van der Waals surface area contributed by atoms with Crippen LogP contribution in [0.5, 0.6) is 0 Å². The van der Waals surface area contributed by atoms with Crippen molar-refractivity contribution in [2.45, 2.75) is 39.5 Å². The van der Waals surface area contributed by atoms with E-state index in [2.05, 4.69) is 15.9 Å². The lowest BCUT2D eigenvalue weighted by atomic mass is 9.71. The lowest BCUT2D eigenvalue weighted by molar-refractivity contribution is -0.131. The van der Waals surface area contributed by atoms with Crippen molar-refractivity contribution in [1.29, 1.82) is 0 Å². The first-order valence-corrected chi connectivity index (χ1v) is 12.3. The summed E-state index contributed by atoms with van der Waals surface area (Å²) in [5, 5.41) is 0.844. The molecule has 0 bridgehead atoms. The summed E-state index contributed by atoms with van der Waals surface area (Å²) in [6.45, 7) is 6.70. The van der Waals surface area contributed by atoms with Gasteiger partial charge in [-0.1, -0.05) is 15.9 Å². The standard InChI is InChI=1S/C26H28BrN3O3/c1-17-3-6-24(33-17)23-16-21(20-15-19(27)4-5-22(20)28-23)25(32)30-13-9-26(10-14-30)7-11-29(12-8-26)18(2)31/h3-6,15-16H,7-14H2,1-2H3. The Labute approximate surface area is 202 Å². The van der Waals surface area contributed by atoms with Gasteiger partial charge in [0.25, 0.3) is 5.91 Å². The fourth-order valence-electron chi connectivity index (χ4n) is 5.22. The van der Waals surface area contributed by atoms with E-state index >= 15 is 0 Å². The molecule has 7 heteroatoms. The summed E-state index contributed by atoms with van der Waals surface area (Å²) in [6.07, 6.45) is 4.03. The second-order valence-electron chi connectivity index (χ2n) is 9.43. The number of carbonyl (C=O) groups excluding carboxylic acids is 2. The summed E-state index contributed by atoms with van der Waals surface area (Å²) in [5.41, 5.74) is 2.36. The van der Waals surface area contributed by atoms with Gasteiger partial charge >= 0.3 is 0 Å². The van der Waals surface area contributed by atoms with E-state index < -0.39 is 0 Å². The molecule has 6 nitrogen and oxygen atoms in total. The van der Waals surface area contributed by atoms with Gasteiger partial charge in [-0.25, -0.2) is 4.98 Å². The van der Waals surface area contributed by atoms with Crippen molar-refractivity contribution in [2.24, 2.45) is 5.41 Å². The Balaban J connectivity index is 1.40. The fraction of sp³-hybridized carbons (Fsp3) is 0.423. The molecule has 0 N–H and O–H groups in total. The van der Waals surface area contributed by atoms with Gasteiger partial charge in [-0.05, 0) is 74.4 Å². The van der Waals surface area contributed by atoms with E-state index in [1.165, 1.54) is 0 Å². The third-order valence-corrected chi connectivity index (χ3v) is 7.87. The summed E-state index contributed by atoms with van der Waals surface area (Å²) in [4.78, 5) is 34.1. The van der Waals surface area contributed by atoms with Gasteiger partial charge in [-0.2, -0.15) is 0 Å². The molecule has 2 fully saturated rings. The van der Waals surface area contributed by atoms with Crippen LogP contribution in [0.2, 0.25) is 0 Å². The molecular formula is C26H28BrN3O3. The van der Waals surface area contributed by atoms with Crippen molar-refractivity contribution < 1.29 is 14.0 Å². The number of carbonyl (C=O) groups is 2. The van der Waals surface area contributed by atoms with Gasteiger partial charge in [-0.15, -0.1) is 0 Å². The van der Waals surface area contributed by atoms with Gasteiger partial charge in [0.15, 0.2) is 5.76 Å². The summed E-state index contributed by atoms with van der Waals surface area (Å²) < 4.78 is 6.72. The first kappa shape index (κ1) is 22.1. The van der Waals surface area contributed by atoms with Gasteiger partial charge in [0.05, 0.1) is 11.1 Å². The van der Waals surface area contributed by atoms with Crippen molar-refractivity contribution in [1.82, 2.24) is 14.8 Å². The zero-order valence-corrected chi connectivity index (χ0v) is 20.7. The number of amides is 2. The molecule has 0 atom stereocenters. The maximum Gasteiger partial charge on any atom is 0.254 e. The number of rotatable bonds is 2. The lowest BCUT2D eigenvalue weighted by Crippen LogP contribution is -2.49. The Morgan fingerprint density at radius 3 is 2.24 bits per heavy atom.